The van der Waals surface area contributed by atoms with Crippen molar-refractivity contribution in [2.24, 2.45) is 5.73 Å². The van der Waals surface area contributed by atoms with Gasteiger partial charge in [-0.2, -0.15) is 0 Å². The van der Waals surface area contributed by atoms with Crippen LogP contribution in [0.2, 0.25) is 0 Å². The Bertz CT molecular complexity index is 408. The number of amides is 1. The Balaban J connectivity index is 2.37. The smallest absolute Gasteiger partial charge is 0.228 e. The first kappa shape index (κ1) is 9.92. The molecule has 1 atom stereocenters. The van der Waals surface area contributed by atoms with Crippen molar-refractivity contribution in [2.75, 3.05) is 11.4 Å². The predicted molar refractivity (Wildman–Crippen MR) is 53.0 cm³/mol. The van der Waals surface area contributed by atoms with E-state index in [2.05, 4.69) is 0 Å². The van der Waals surface area contributed by atoms with Crippen LogP contribution in [0.3, 0.4) is 0 Å². The van der Waals surface area contributed by atoms with Gasteiger partial charge in [-0.25, -0.2) is 4.39 Å². The summed E-state index contributed by atoms with van der Waals surface area (Å²) in [5.41, 5.74) is 5.68. The summed E-state index contributed by atoms with van der Waals surface area (Å²) in [5.74, 6) is -0.818. The van der Waals surface area contributed by atoms with Gasteiger partial charge in [0.25, 0.3) is 0 Å². The summed E-state index contributed by atoms with van der Waals surface area (Å²) in [4.78, 5) is 12.7. The number of aromatic hydroxyl groups is 1. The molecular weight excluding hydrogens is 199 g/mol. The minimum absolute atomic E-state index is 0.0697. The number of nitrogens with two attached hydrogens (primary N) is 1. The van der Waals surface area contributed by atoms with E-state index in [0.717, 1.165) is 6.07 Å². The van der Waals surface area contributed by atoms with Crippen LogP contribution in [0.15, 0.2) is 18.2 Å². The van der Waals surface area contributed by atoms with Crippen LogP contribution in [-0.2, 0) is 4.79 Å². The van der Waals surface area contributed by atoms with Gasteiger partial charge in [-0.3, -0.25) is 4.79 Å². The fraction of sp³-hybridized carbons (Fsp3) is 0.300. The quantitative estimate of drug-likeness (QED) is 0.713. The van der Waals surface area contributed by atoms with Gasteiger partial charge in [-0.05, 0) is 12.1 Å². The molecule has 0 bridgehead atoms. The minimum atomic E-state index is -0.532. The molecule has 15 heavy (non-hydrogen) atoms. The molecule has 1 fully saturated rings. The van der Waals surface area contributed by atoms with Gasteiger partial charge in [0.05, 0.1) is 5.69 Å². The second-order valence-corrected chi connectivity index (χ2v) is 3.60. The molecule has 1 aromatic carbocycles. The molecule has 5 heteroatoms. The average Bonchev–Trinajstić information content (AvgIpc) is 2.50. The molecule has 4 nitrogen and oxygen atoms in total. The van der Waals surface area contributed by atoms with Gasteiger partial charge in [0.15, 0.2) is 0 Å². The van der Waals surface area contributed by atoms with E-state index in [-0.39, 0.29) is 29.8 Å². The Morgan fingerprint density at radius 3 is 2.87 bits per heavy atom. The van der Waals surface area contributed by atoms with Crippen molar-refractivity contribution < 1.29 is 14.3 Å². The Labute approximate surface area is 86.1 Å². The number of carbonyl (C=O) groups excluding carboxylic acids is 1. The molecule has 3 N–H and O–H groups in total. The number of rotatable bonds is 1. The van der Waals surface area contributed by atoms with E-state index in [0.29, 0.717) is 6.54 Å². The van der Waals surface area contributed by atoms with Crippen LogP contribution in [0.25, 0.3) is 0 Å². The predicted octanol–water partition coefficient (Wildman–Crippen LogP) is 0.595. The third-order valence-corrected chi connectivity index (χ3v) is 2.38. The van der Waals surface area contributed by atoms with Crippen LogP contribution in [0, 0.1) is 5.82 Å². The van der Waals surface area contributed by atoms with Crippen LogP contribution >= 0.6 is 0 Å². The van der Waals surface area contributed by atoms with Gasteiger partial charge in [0, 0.05) is 25.1 Å². The number of benzene rings is 1. The second-order valence-electron chi connectivity index (χ2n) is 3.60. The number of nitrogens with zero attached hydrogens (tertiary/aromatic N) is 1. The summed E-state index contributed by atoms with van der Waals surface area (Å²) < 4.78 is 13.4. The van der Waals surface area contributed by atoms with Gasteiger partial charge in [0.2, 0.25) is 5.91 Å². The van der Waals surface area contributed by atoms with Crippen molar-refractivity contribution in [3.63, 3.8) is 0 Å². The number of carbonyl (C=O) groups is 1. The van der Waals surface area contributed by atoms with Crippen molar-refractivity contribution in [2.45, 2.75) is 12.5 Å². The van der Waals surface area contributed by atoms with E-state index < -0.39 is 5.82 Å². The molecule has 0 saturated carbocycles. The van der Waals surface area contributed by atoms with Crippen molar-refractivity contribution >= 4 is 11.6 Å². The molecule has 1 amide bonds. The highest BCUT2D eigenvalue weighted by atomic mass is 19.1. The van der Waals surface area contributed by atoms with Crippen LogP contribution in [0.4, 0.5) is 10.1 Å². The summed E-state index contributed by atoms with van der Waals surface area (Å²) in [6, 6.07) is 3.33. The van der Waals surface area contributed by atoms with E-state index in [1.165, 1.54) is 17.0 Å². The maximum Gasteiger partial charge on any atom is 0.228 e. The number of hydrogen-bond acceptors (Lipinski definition) is 3. The van der Waals surface area contributed by atoms with Gasteiger partial charge in [-0.15, -0.1) is 0 Å². The molecule has 1 heterocycles. The Hall–Kier alpha value is -1.62. The summed E-state index contributed by atoms with van der Waals surface area (Å²) >= 11 is 0. The summed E-state index contributed by atoms with van der Waals surface area (Å²) in [7, 11) is 0. The molecule has 0 spiro atoms. The third kappa shape index (κ3) is 1.78. The summed E-state index contributed by atoms with van der Waals surface area (Å²) in [6.45, 7) is 0.291. The molecule has 80 valence electrons. The lowest BCUT2D eigenvalue weighted by Gasteiger charge is -2.16. The van der Waals surface area contributed by atoms with Crippen molar-refractivity contribution in [3.05, 3.63) is 24.0 Å². The van der Waals surface area contributed by atoms with Crippen LogP contribution < -0.4 is 10.6 Å². The highest BCUT2D eigenvalue weighted by molar-refractivity contribution is 5.96. The summed E-state index contributed by atoms with van der Waals surface area (Å²) in [6.07, 6.45) is 0.217. The molecule has 0 aromatic heterocycles. The maximum absolute atomic E-state index is 13.4. The fourth-order valence-corrected chi connectivity index (χ4v) is 1.68. The second kappa shape index (κ2) is 3.51. The lowest BCUT2D eigenvalue weighted by Crippen LogP contribution is -2.28. The lowest BCUT2D eigenvalue weighted by molar-refractivity contribution is -0.117. The fourth-order valence-electron chi connectivity index (χ4n) is 1.68. The first-order valence-electron chi connectivity index (χ1n) is 4.62. The van der Waals surface area contributed by atoms with Crippen molar-refractivity contribution in [1.82, 2.24) is 0 Å². The Morgan fingerprint density at radius 2 is 2.27 bits per heavy atom. The monoisotopic (exact) mass is 210 g/mol. The largest absolute Gasteiger partial charge is 0.508 e. The maximum atomic E-state index is 13.4. The van der Waals surface area contributed by atoms with Crippen LogP contribution in [0.1, 0.15) is 6.42 Å². The molecule has 1 aliphatic heterocycles. The topological polar surface area (TPSA) is 66.6 Å². The Morgan fingerprint density at radius 1 is 1.53 bits per heavy atom. The summed E-state index contributed by atoms with van der Waals surface area (Å²) in [5, 5.41) is 9.21. The van der Waals surface area contributed by atoms with Crippen LogP contribution in [0.5, 0.6) is 5.75 Å². The molecular formula is C10H11FN2O2. The first-order chi connectivity index (χ1) is 7.08. The van der Waals surface area contributed by atoms with E-state index in [4.69, 9.17) is 5.73 Å². The van der Waals surface area contributed by atoms with Gasteiger partial charge in [-0.1, -0.05) is 0 Å². The van der Waals surface area contributed by atoms with E-state index in [1.54, 1.807) is 0 Å². The number of anilines is 1. The minimum Gasteiger partial charge on any atom is -0.508 e. The zero-order valence-electron chi connectivity index (χ0n) is 7.98. The van der Waals surface area contributed by atoms with Crippen molar-refractivity contribution in [1.29, 1.82) is 0 Å². The highest BCUT2D eigenvalue weighted by Gasteiger charge is 2.29. The van der Waals surface area contributed by atoms with E-state index >= 15 is 0 Å². The average molecular weight is 210 g/mol. The number of halogens is 1. The molecule has 1 aromatic rings. The normalized spacial score (nSPS) is 21.1. The van der Waals surface area contributed by atoms with Gasteiger partial charge >= 0.3 is 0 Å². The SMILES string of the molecule is NC1CC(=O)N(c2cc(O)ccc2F)C1. The van der Waals surface area contributed by atoms with E-state index in [9.17, 15) is 14.3 Å². The first-order valence-corrected chi connectivity index (χ1v) is 4.62. The highest BCUT2D eigenvalue weighted by Crippen LogP contribution is 2.27. The number of hydrogen-bond donors (Lipinski definition) is 2. The zero-order valence-corrected chi connectivity index (χ0v) is 7.98. The third-order valence-electron chi connectivity index (χ3n) is 2.38. The molecule has 1 aliphatic rings. The molecule has 2 rings (SSSR count). The Kier molecular flexibility index (Phi) is 2.32. The van der Waals surface area contributed by atoms with Gasteiger partial charge in [0.1, 0.15) is 11.6 Å². The van der Waals surface area contributed by atoms with Gasteiger partial charge < -0.3 is 15.7 Å². The van der Waals surface area contributed by atoms with Crippen molar-refractivity contribution in [3.8, 4) is 5.75 Å². The van der Waals surface area contributed by atoms with Crippen LogP contribution in [-0.4, -0.2) is 23.6 Å². The standard InChI is InChI=1S/C10H11FN2O2/c11-8-2-1-7(14)4-9(8)13-5-6(12)3-10(13)15/h1-2,4,6,14H,3,5,12H2. The lowest BCUT2D eigenvalue weighted by atomic mass is 10.2. The molecule has 0 aliphatic carbocycles. The molecule has 1 unspecified atom stereocenters. The zero-order chi connectivity index (χ0) is 11.0. The number of phenols is 1. The molecule has 1 saturated heterocycles. The van der Waals surface area contributed by atoms with E-state index in [1.807, 2.05) is 0 Å². The number of phenolic OH excluding ortho intramolecular Hbond substituents is 1. The molecule has 0 radical (unpaired) electrons.